The van der Waals surface area contributed by atoms with Gasteiger partial charge in [-0.15, -0.1) is 0 Å². The summed E-state index contributed by atoms with van der Waals surface area (Å²) in [5.74, 6) is 1.24. The first-order chi connectivity index (χ1) is 12.2. The van der Waals surface area contributed by atoms with Gasteiger partial charge in [0.1, 0.15) is 5.56 Å². The summed E-state index contributed by atoms with van der Waals surface area (Å²) in [6, 6.07) is 7.31. The Morgan fingerprint density at radius 3 is 3.00 bits per heavy atom. The van der Waals surface area contributed by atoms with Crippen LogP contribution in [0, 0.1) is 0 Å². The molecule has 7 nitrogen and oxygen atoms in total. The summed E-state index contributed by atoms with van der Waals surface area (Å²) >= 11 is 0. The van der Waals surface area contributed by atoms with E-state index in [9.17, 15) is 4.79 Å². The third-order valence-corrected chi connectivity index (χ3v) is 4.14. The van der Waals surface area contributed by atoms with Gasteiger partial charge in [-0.25, -0.2) is 9.50 Å². The average molecular weight is 338 g/mol. The smallest absolute Gasteiger partial charge is 0.257 e. The fraction of sp³-hybridized carbons (Fsp3) is 0.278. The Balaban J connectivity index is 1.54. The van der Waals surface area contributed by atoms with E-state index in [1.807, 2.05) is 25.1 Å². The first-order valence-electron chi connectivity index (χ1n) is 8.21. The molecule has 3 aromatic rings. The summed E-state index contributed by atoms with van der Waals surface area (Å²) < 4.78 is 12.9. The molecule has 0 radical (unpaired) electrons. The molecule has 0 spiro atoms. The van der Waals surface area contributed by atoms with Gasteiger partial charge in [0.2, 0.25) is 0 Å². The Bertz CT molecular complexity index is 922. The highest BCUT2D eigenvalue weighted by Crippen LogP contribution is 2.32. The maximum atomic E-state index is 12.6. The topological polar surface area (TPSA) is 77.8 Å². The number of amides is 1. The third kappa shape index (κ3) is 3.00. The van der Waals surface area contributed by atoms with Crippen molar-refractivity contribution in [3.63, 3.8) is 0 Å². The van der Waals surface area contributed by atoms with Crippen molar-refractivity contribution in [2.75, 3.05) is 13.2 Å². The van der Waals surface area contributed by atoms with Gasteiger partial charge in [0.05, 0.1) is 25.5 Å². The number of aromatic nitrogens is 3. The van der Waals surface area contributed by atoms with Crippen LogP contribution in [0.3, 0.4) is 0 Å². The Kier molecular flexibility index (Phi) is 3.97. The summed E-state index contributed by atoms with van der Waals surface area (Å²) in [7, 11) is 0. The van der Waals surface area contributed by atoms with E-state index in [1.165, 1.54) is 6.20 Å². The molecule has 0 unspecified atom stereocenters. The monoisotopic (exact) mass is 338 g/mol. The summed E-state index contributed by atoms with van der Waals surface area (Å²) in [6.45, 7) is 3.21. The number of nitrogens with one attached hydrogen (secondary N) is 1. The molecular weight excluding hydrogens is 320 g/mol. The summed E-state index contributed by atoms with van der Waals surface area (Å²) in [5.41, 5.74) is 1.93. The predicted molar refractivity (Wildman–Crippen MR) is 90.9 cm³/mol. The molecule has 1 aromatic carbocycles. The van der Waals surface area contributed by atoms with Crippen LogP contribution in [0.1, 0.15) is 35.3 Å². The third-order valence-electron chi connectivity index (χ3n) is 4.14. The Labute approximate surface area is 144 Å². The minimum atomic E-state index is -0.215. The maximum absolute atomic E-state index is 12.6. The van der Waals surface area contributed by atoms with Gasteiger partial charge in [-0.3, -0.25) is 4.79 Å². The quantitative estimate of drug-likeness (QED) is 0.793. The number of benzene rings is 1. The van der Waals surface area contributed by atoms with E-state index in [-0.39, 0.29) is 11.9 Å². The maximum Gasteiger partial charge on any atom is 0.257 e. The highest BCUT2D eigenvalue weighted by Gasteiger charge is 2.18. The number of nitrogens with zero attached hydrogens (tertiary/aromatic N) is 3. The molecule has 1 atom stereocenters. The zero-order chi connectivity index (χ0) is 17.2. The SMILES string of the molecule is C[C@H](NC(=O)c1cnn2cccnc12)c1ccc2c(c1)OCCCO2. The molecule has 7 heteroatoms. The van der Waals surface area contributed by atoms with Gasteiger partial charge >= 0.3 is 0 Å². The number of carbonyl (C=O) groups is 1. The van der Waals surface area contributed by atoms with Crippen molar-refractivity contribution in [1.82, 2.24) is 19.9 Å². The van der Waals surface area contributed by atoms with Gasteiger partial charge in [-0.05, 0) is 30.7 Å². The van der Waals surface area contributed by atoms with Crippen LogP contribution < -0.4 is 14.8 Å². The molecule has 4 rings (SSSR count). The summed E-state index contributed by atoms with van der Waals surface area (Å²) in [4.78, 5) is 16.8. The molecular formula is C18H18N4O3. The molecule has 25 heavy (non-hydrogen) atoms. The van der Waals surface area contributed by atoms with E-state index in [2.05, 4.69) is 15.4 Å². The first kappa shape index (κ1) is 15.4. The fourth-order valence-corrected chi connectivity index (χ4v) is 2.79. The number of hydrogen-bond donors (Lipinski definition) is 1. The molecule has 0 bridgehead atoms. The van der Waals surface area contributed by atoms with Crippen molar-refractivity contribution < 1.29 is 14.3 Å². The van der Waals surface area contributed by atoms with Gasteiger partial charge in [0, 0.05) is 18.8 Å². The molecule has 0 fully saturated rings. The lowest BCUT2D eigenvalue weighted by molar-refractivity contribution is 0.0941. The minimum Gasteiger partial charge on any atom is -0.490 e. The minimum absolute atomic E-state index is 0.191. The number of carbonyl (C=O) groups excluding carboxylic acids is 1. The Morgan fingerprint density at radius 2 is 2.12 bits per heavy atom. The van der Waals surface area contributed by atoms with E-state index >= 15 is 0 Å². The van der Waals surface area contributed by atoms with Gasteiger partial charge in [0.15, 0.2) is 17.1 Å². The van der Waals surface area contributed by atoms with E-state index in [0.29, 0.717) is 30.2 Å². The van der Waals surface area contributed by atoms with Crippen LogP contribution in [0.5, 0.6) is 11.5 Å². The van der Waals surface area contributed by atoms with Crippen molar-refractivity contribution in [3.8, 4) is 11.5 Å². The standard InChI is InChI=1S/C18H18N4O3/c1-12(13-4-5-15-16(10-13)25-9-3-8-24-15)21-18(23)14-11-20-22-7-2-6-19-17(14)22/h2,4-7,10-12H,3,8-9H2,1H3,(H,21,23)/t12-/m0/s1. The van der Waals surface area contributed by atoms with E-state index in [0.717, 1.165) is 17.7 Å². The lowest BCUT2D eigenvalue weighted by Crippen LogP contribution is -2.26. The molecule has 128 valence electrons. The Hall–Kier alpha value is -3.09. The lowest BCUT2D eigenvalue weighted by atomic mass is 10.1. The average Bonchev–Trinajstić information content (AvgIpc) is 2.92. The number of ether oxygens (including phenoxy) is 2. The van der Waals surface area contributed by atoms with Crippen molar-refractivity contribution >= 4 is 11.6 Å². The number of fused-ring (bicyclic) bond motifs is 2. The molecule has 0 saturated carbocycles. The Morgan fingerprint density at radius 1 is 1.28 bits per heavy atom. The van der Waals surface area contributed by atoms with Crippen LogP contribution >= 0.6 is 0 Å². The van der Waals surface area contributed by atoms with E-state index < -0.39 is 0 Å². The zero-order valence-electron chi connectivity index (χ0n) is 13.8. The normalized spacial score (nSPS) is 14.8. The molecule has 1 aliphatic rings. The van der Waals surface area contributed by atoms with Gasteiger partial charge in [-0.2, -0.15) is 5.10 Å². The second kappa shape index (κ2) is 6.43. The van der Waals surface area contributed by atoms with Gasteiger partial charge in [-0.1, -0.05) is 6.07 Å². The highest BCUT2D eigenvalue weighted by atomic mass is 16.5. The summed E-state index contributed by atoms with van der Waals surface area (Å²) in [6.07, 6.45) is 5.78. The molecule has 1 aliphatic heterocycles. The second-order valence-corrected chi connectivity index (χ2v) is 5.90. The lowest BCUT2D eigenvalue weighted by Gasteiger charge is -2.16. The van der Waals surface area contributed by atoms with Crippen LogP contribution in [0.4, 0.5) is 0 Å². The van der Waals surface area contributed by atoms with Gasteiger partial charge in [0.25, 0.3) is 5.91 Å². The predicted octanol–water partition coefficient (Wildman–Crippen LogP) is 2.38. The zero-order valence-corrected chi connectivity index (χ0v) is 13.8. The van der Waals surface area contributed by atoms with Crippen LogP contribution in [-0.2, 0) is 0 Å². The van der Waals surface area contributed by atoms with Gasteiger partial charge < -0.3 is 14.8 Å². The molecule has 1 N–H and O–H groups in total. The van der Waals surface area contributed by atoms with Crippen LogP contribution in [0.2, 0.25) is 0 Å². The molecule has 1 amide bonds. The van der Waals surface area contributed by atoms with Crippen molar-refractivity contribution in [3.05, 3.63) is 54.0 Å². The molecule has 0 aliphatic carbocycles. The van der Waals surface area contributed by atoms with Crippen molar-refractivity contribution in [2.24, 2.45) is 0 Å². The number of hydrogen-bond acceptors (Lipinski definition) is 5. The van der Waals surface area contributed by atoms with E-state index in [4.69, 9.17) is 9.47 Å². The van der Waals surface area contributed by atoms with Crippen LogP contribution in [0.25, 0.3) is 5.65 Å². The van der Waals surface area contributed by atoms with E-state index in [1.54, 1.807) is 23.0 Å². The van der Waals surface area contributed by atoms with Crippen molar-refractivity contribution in [2.45, 2.75) is 19.4 Å². The number of rotatable bonds is 3. The van der Waals surface area contributed by atoms with Crippen molar-refractivity contribution in [1.29, 1.82) is 0 Å². The second-order valence-electron chi connectivity index (χ2n) is 5.90. The fourth-order valence-electron chi connectivity index (χ4n) is 2.79. The van der Waals surface area contributed by atoms with Crippen LogP contribution in [-0.4, -0.2) is 33.7 Å². The summed E-state index contributed by atoms with van der Waals surface area (Å²) in [5, 5.41) is 7.13. The largest absolute Gasteiger partial charge is 0.490 e. The molecule has 0 saturated heterocycles. The first-order valence-corrected chi connectivity index (χ1v) is 8.21. The molecule has 2 aromatic heterocycles. The van der Waals surface area contributed by atoms with Crippen LogP contribution in [0.15, 0.2) is 42.9 Å². The molecule has 3 heterocycles. The highest BCUT2D eigenvalue weighted by molar-refractivity contribution is 5.99.